The third-order valence-corrected chi connectivity index (χ3v) is 5.58. The van der Waals surface area contributed by atoms with Gasteiger partial charge < -0.3 is 19.5 Å². The number of esters is 2. The maximum Gasteiger partial charge on any atom is 0.348 e. The molecule has 0 spiro atoms. The molecule has 3 rings (SSSR count). The first-order valence-corrected chi connectivity index (χ1v) is 9.66. The second kappa shape index (κ2) is 8.24. The van der Waals surface area contributed by atoms with Crippen LogP contribution in [0.1, 0.15) is 31.9 Å². The Balaban J connectivity index is 2.40. The summed E-state index contributed by atoms with van der Waals surface area (Å²) >= 11 is 0. The van der Waals surface area contributed by atoms with Crippen LogP contribution in [-0.2, 0) is 23.9 Å². The summed E-state index contributed by atoms with van der Waals surface area (Å²) in [7, 11) is 2.28. The first-order valence-electron chi connectivity index (χ1n) is 9.66. The lowest BCUT2D eigenvalue weighted by Gasteiger charge is -2.49. The highest BCUT2D eigenvalue weighted by Crippen LogP contribution is 2.47. The van der Waals surface area contributed by atoms with Crippen LogP contribution in [0.25, 0.3) is 0 Å². The summed E-state index contributed by atoms with van der Waals surface area (Å²) < 4.78 is 9.66. The number of carbonyl (C=O) groups excluding carboxylic acids is 3. The first kappa shape index (κ1) is 22.1. The molecule has 1 aromatic rings. The molecule has 0 fully saturated rings. The molecule has 0 saturated heterocycles. The lowest BCUT2D eigenvalue weighted by Crippen LogP contribution is -2.61. The normalized spacial score (nSPS) is 23.4. The van der Waals surface area contributed by atoms with Crippen molar-refractivity contribution < 1.29 is 29.0 Å². The Labute approximate surface area is 179 Å². The van der Waals surface area contributed by atoms with Gasteiger partial charge in [-0.05, 0) is 19.4 Å². The van der Waals surface area contributed by atoms with Gasteiger partial charge in [0.25, 0.3) is 5.91 Å². The Bertz CT molecular complexity index is 1040. The summed E-state index contributed by atoms with van der Waals surface area (Å²) in [5, 5.41) is 20.9. The lowest BCUT2D eigenvalue weighted by atomic mass is 9.83. The van der Waals surface area contributed by atoms with E-state index in [1.165, 1.54) is 7.11 Å². The molecule has 9 nitrogen and oxygen atoms in total. The molecular formula is C22H23N3O6. The third-order valence-electron chi connectivity index (χ3n) is 5.58. The molecule has 1 N–H and O–H groups in total. The largest absolute Gasteiger partial charge is 0.466 e. The van der Waals surface area contributed by atoms with E-state index in [2.05, 4.69) is 4.74 Å². The van der Waals surface area contributed by atoms with Gasteiger partial charge in [-0.1, -0.05) is 30.3 Å². The summed E-state index contributed by atoms with van der Waals surface area (Å²) in [6.45, 7) is 3.83. The maximum absolute atomic E-state index is 13.6. The standard InChI is InChI=1S/C22H23N3O6/c1-5-24-13(2)16(19(26)30-3)17(14-9-7-6-8-10-14)25-18(24)15(12-23)11-22(29,20(25)27)21(28)31-4/h6-10,17,29H,5,11H2,1-4H3/t17?,22-/m0/s1. The Kier molecular flexibility index (Phi) is 5.86. The van der Waals surface area contributed by atoms with Gasteiger partial charge in [-0.25, -0.2) is 9.59 Å². The van der Waals surface area contributed by atoms with Crippen molar-refractivity contribution in [3.05, 3.63) is 58.6 Å². The molecule has 31 heavy (non-hydrogen) atoms. The minimum absolute atomic E-state index is 0.0264. The highest BCUT2D eigenvalue weighted by molar-refractivity contribution is 6.08. The number of methoxy groups -OCH3 is 2. The number of hydrogen-bond acceptors (Lipinski definition) is 8. The average molecular weight is 425 g/mol. The highest BCUT2D eigenvalue weighted by atomic mass is 16.5. The van der Waals surface area contributed by atoms with Crippen molar-refractivity contribution in [2.75, 3.05) is 20.8 Å². The van der Waals surface area contributed by atoms with E-state index in [-0.39, 0.29) is 17.0 Å². The van der Waals surface area contributed by atoms with Crippen molar-refractivity contribution in [2.45, 2.75) is 31.9 Å². The molecule has 0 aromatic heterocycles. The smallest absolute Gasteiger partial charge is 0.348 e. The van der Waals surface area contributed by atoms with Gasteiger partial charge in [-0.2, -0.15) is 5.26 Å². The number of amides is 1. The fourth-order valence-electron chi connectivity index (χ4n) is 4.14. The molecule has 2 aliphatic heterocycles. The summed E-state index contributed by atoms with van der Waals surface area (Å²) in [6, 6.07) is 9.67. The van der Waals surface area contributed by atoms with Crippen molar-refractivity contribution in [2.24, 2.45) is 0 Å². The Morgan fingerprint density at radius 2 is 1.90 bits per heavy atom. The molecule has 2 heterocycles. The summed E-state index contributed by atoms with van der Waals surface area (Å²) in [4.78, 5) is 41.6. The number of fused-ring (bicyclic) bond motifs is 1. The van der Waals surface area contributed by atoms with Gasteiger partial charge in [0.05, 0.1) is 37.5 Å². The van der Waals surface area contributed by atoms with Crippen LogP contribution < -0.4 is 0 Å². The van der Waals surface area contributed by atoms with Crippen LogP contribution in [0, 0.1) is 11.3 Å². The predicted octanol–water partition coefficient (Wildman–Crippen LogP) is 1.38. The number of ether oxygens (including phenoxy) is 2. The van der Waals surface area contributed by atoms with E-state index >= 15 is 0 Å². The number of nitriles is 1. The van der Waals surface area contributed by atoms with E-state index in [0.717, 1.165) is 12.0 Å². The molecule has 1 unspecified atom stereocenters. The summed E-state index contributed by atoms with van der Waals surface area (Å²) in [6.07, 6.45) is -0.528. The van der Waals surface area contributed by atoms with E-state index < -0.39 is 35.9 Å². The van der Waals surface area contributed by atoms with Crippen LogP contribution in [0.5, 0.6) is 0 Å². The van der Waals surface area contributed by atoms with Crippen molar-refractivity contribution in [3.63, 3.8) is 0 Å². The van der Waals surface area contributed by atoms with Crippen LogP contribution in [0.15, 0.2) is 53.0 Å². The fraction of sp³-hybridized carbons (Fsp3) is 0.364. The Morgan fingerprint density at radius 3 is 2.42 bits per heavy atom. The van der Waals surface area contributed by atoms with E-state index in [1.54, 1.807) is 49.1 Å². The zero-order valence-electron chi connectivity index (χ0n) is 17.7. The summed E-state index contributed by atoms with van der Waals surface area (Å²) in [5.74, 6) is -2.59. The van der Waals surface area contributed by atoms with Crippen LogP contribution >= 0.6 is 0 Å². The minimum atomic E-state index is -2.60. The predicted molar refractivity (Wildman–Crippen MR) is 107 cm³/mol. The van der Waals surface area contributed by atoms with Gasteiger partial charge in [-0.15, -0.1) is 0 Å². The van der Waals surface area contributed by atoms with E-state index in [4.69, 9.17) is 4.74 Å². The van der Waals surface area contributed by atoms with Gasteiger partial charge >= 0.3 is 11.9 Å². The zero-order valence-corrected chi connectivity index (χ0v) is 17.7. The van der Waals surface area contributed by atoms with Gasteiger partial charge in [0.2, 0.25) is 5.60 Å². The van der Waals surface area contributed by atoms with Gasteiger partial charge in [0.15, 0.2) is 0 Å². The fourth-order valence-corrected chi connectivity index (χ4v) is 4.14. The van der Waals surface area contributed by atoms with Crippen molar-refractivity contribution in [1.82, 2.24) is 9.80 Å². The highest BCUT2D eigenvalue weighted by Gasteiger charge is 2.58. The molecule has 2 atom stereocenters. The molecule has 9 heteroatoms. The van der Waals surface area contributed by atoms with E-state index in [1.807, 2.05) is 6.07 Å². The van der Waals surface area contributed by atoms with Crippen molar-refractivity contribution in [3.8, 4) is 6.07 Å². The number of benzene rings is 1. The lowest BCUT2D eigenvalue weighted by molar-refractivity contribution is -0.176. The van der Waals surface area contributed by atoms with Crippen LogP contribution in [-0.4, -0.2) is 59.1 Å². The van der Waals surface area contributed by atoms with Crippen LogP contribution in [0.3, 0.4) is 0 Å². The van der Waals surface area contributed by atoms with E-state index in [9.17, 15) is 24.8 Å². The number of aliphatic hydroxyl groups is 1. The molecule has 1 amide bonds. The number of hydrogen-bond donors (Lipinski definition) is 1. The molecule has 1 aromatic carbocycles. The van der Waals surface area contributed by atoms with E-state index in [0.29, 0.717) is 17.8 Å². The van der Waals surface area contributed by atoms with Gasteiger partial charge in [-0.3, -0.25) is 9.69 Å². The molecule has 0 aliphatic carbocycles. The number of rotatable bonds is 4. The quantitative estimate of drug-likeness (QED) is 0.567. The molecule has 0 radical (unpaired) electrons. The van der Waals surface area contributed by atoms with Crippen molar-refractivity contribution >= 4 is 17.8 Å². The number of allylic oxidation sites excluding steroid dienone is 1. The first-order chi connectivity index (χ1) is 14.8. The second-order valence-electron chi connectivity index (χ2n) is 7.17. The molecule has 2 aliphatic rings. The van der Waals surface area contributed by atoms with Gasteiger partial charge in [0, 0.05) is 18.7 Å². The van der Waals surface area contributed by atoms with Crippen molar-refractivity contribution in [1.29, 1.82) is 5.26 Å². The SMILES string of the molecule is CCN1C(C)=C(C(=O)OC)C(c2ccccc2)N2C(=O)[C@](O)(C(=O)OC)CC(C#N)=C12. The number of nitrogens with zero attached hydrogens (tertiary/aromatic N) is 3. The molecule has 162 valence electrons. The second-order valence-corrected chi connectivity index (χ2v) is 7.17. The third kappa shape index (κ3) is 3.25. The Morgan fingerprint density at radius 1 is 1.26 bits per heavy atom. The molecule has 0 bridgehead atoms. The topological polar surface area (TPSA) is 120 Å². The van der Waals surface area contributed by atoms with Gasteiger partial charge in [0.1, 0.15) is 5.82 Å². The van der Waals surface area contributed by atoms with Crippen LogP contribution in [0.2, 0.25) is 0 Å². The monoisotopic (exact) mass is 425 g/mol. The average Bonchev–Trinajstić information content (AvgIpc) is 2.80. The Hall–Kier alpha value is -3.64. The molecule has 0 saturated carbocycles. The minimum Gasteiger partial charge on any atom is -0.466 e. The van der Waals surface area contributed by atoms with Crippen LogP contribution in [0.4, 0.5) is 0 Å². The maximum atomic E-state index is 13.6. The summed E-state index contributed by atoms with van der Waals surface area (Å²) in [5.41, 5.74) is -1.34. The molecular weight excluding hydrogens is 402 g/mol. The number of carbonyl (C=O) groups is 3. The zero-order chi connectivity index (χ0) is 22.9.